The Kier molecular flexibility index (Phi) is 4.61. The van der Waals surface area contributed by atoms with Crippen molar-refractivity contribution in [2.45, 2.75) is 13.8 Å². The zero-order chi connectivity index (χ0) is 20.5. The molecule has 0 aliphatic heterocycles. The van der Waals surface area contributed by atoms with E-state index < -0.39 is 0 Å². The van der Waals surface area contributed by atoms with Crippen LogP contribution in [0.15, 0.2) is 97.1 Å². The summed E-state index contributed by atoms with van der Waals surface area (Å²) in [6.07, 6.45) is 0. The predicted octanol–water partition coefficient (Wildman–Crippen LogP) is 8.10. The van der Waals surface area contributed by atoms with Gasteiger partial charge in [0, 0.05) is 22.7 Å². The Balaban J connectivity index is 1.42. The molecule has 2 heteroatoms. The van der Waals surface area contributed by atoms with Crippen LogP contribution in [-0.2, 0) is 0 Å². The first-order valence-corrected chi connectivity index (χ1v) is 10.3. The molecule has 5 aromatic rings. The zero-order valence-electron chi connectivity index (χ0n) is 17.2. The Hall–Kier alpha value is -3.78. The summed E-state index contributed by atoms with van der Waals surface area (Å²) < 4.78 is 0. The van der Waals surface area contributed by atoms with Gasteiger partial charge in [-0.05, 0) is 82.9 Å². The second kappa shape index (κ2) is 7.57. The lowest BCUT2D eigenvalue weighted by molar-refractivity contribution is 1.32. The fourth-order valence-corrected chi connectivity index (χ4v) is 3.94. The molecule has 0 fully saturated rings. The van der Waals surface area contributed by atoms with Crippen LogP contribution in [0.1, 0.15) is 11.1 Å². The van der Waals surface area contributed by atoms with Crippen molar-refractivity contribution >= 4 is 44.3 Å². The third-order valence-electron chi connectivity index (χ3n) is 5.84. The Bertz CT molecular complexity index is 1260. The Morgan fingerprint density at radius 2 is 0.833 bits per heavy atom. The molecule has 0 saturated carbocycles. The lowest BCUT2D eigenvalue weighted by Gasteiger charge is -2.17. The van der Waals surface area contributed by atoms with Gasteiger partial charge in [0.2, 0.25) is 0 Å². The molecule has 0 unspecified atom stereocenters. The van der Waals surface area contributed by atoms with E-state index in [4.69, 9.17) is 0 Å². The third kappa shape index (κ3) is 3.48. The molecule has 146 valence electrons. The first-order chi connectivity index (χ1) is 14.7. The highest BCUT2D eigenvalue weighted by Gasteiger charge is 2.08. The van der Waals surface area contributed by atoms with Gasteiger partial charge in [0.1, 0.15) is 0 Å². The monoisotopic (exact) mass is 388 g/mol. The molecule has 0 heterocycles. The molecule has 0 radical (unpaired) electrons. The van der Waals surface area contributed by atoms with E-state index in [2.05, 4.69) is 122 Å². The minimum absolute atomic E-state index is 1.10. The summed E-state index contributed by atoms with van der Waals surface area (Å²) in [5, 5.41) is 12.2. The highest BCUT2D eigenvalue weighted by molar-refractivity contribution is 5.88. The Labute approximate surface area is 177 Å². The Morgan fingerprint density at radius 1 is 0.433 bits per heavy atom. The van der Waals surface area contributed by atoms with E-state index in [0.717, 1.165) is 22.7 Å². The maximum Gasteiger partial charge on any atom is 0.0418 e. The van der Waals surface area contributed by atoms with E-state index >= 15 is 0 Å². The van der Waals surface area contributed by atoms with Crippen molar-refractivity contribution in [3.8, 4) is 0 Å². The third-order valence-corrected chi connectivity index (χ3v) is 5.84. The minimum atomic E-state index is 1.10. The molecule has 2 nitrogen and oxygen atoms in total. The van der Waals surface area contributed by atoms with Crippen LogP contribution in [0.5, 0.6) is 0 Å². The molecule has 0 amide bonds. The molecule has 0 aliphatic carbocycles. The van der Waals surface area contributed by atoms with Crippen LogP contribution in [-0.4, -0.2) is 0 Å². The van der Waals surface area contributed by atoms with Gasteiger partial charge in [0.15, 0.2) is 0 Å². The van der Waals surface area contributed by atoms with E-state index in [0.29, 0.717) is 0 Å². The highest BCUT2D eigenvalue weighted by Crippen LogP contribution is 2.31. The van der Waals surface area contributed by atoms with Crippen molar-refractivity contribution in [3.05, 3.63) is 108 Å². The lowest BCUT2D eigenvalue weighted by atomic mass is 10.0. The molecule has 2 N–H and O–H groups in total. The van der Waals surface area contributed by atoms with Crippen molar-refractivity contribution in [1.29, 1.82) is 0 Å². The van der Waals surface area contributed by atoms with Crippen molar-refractivity contribution in [1.82, 2.24) is 0 Å². The van der Waals surface area contributed by atoms with Gasteiger partial charge in [0.05, 0.1) is 0 Å². The molecule has 0 atom stereocenters. The highest BCUT2D eigenvalue weighted by atomic mass is 14.9. The summed E-state index contributed by atoms with van der Waals surface area (Å²) in [7, 11) is 0. The summed E-state index contributed by atoms with van der Waals surface area (Å²) in [5.41, 5.74) is 6.96. The average Bonchev–Trinajstić information content (AvgIpc) is 2.78. The maximum absolute atomic E-state index is 3.59. The van der Waals surface area contributed by atoms with Gasteiger partial charge in [-0.2, -0.15) is 0 Å². The van der Waals surface area contributed by atoms with E-state index in [1.165, 1.54) is 32.7 Å². The second-order valence-electron chi connectivity index (χ2n) is 7.78. The van der Waals surface area contributed by atoms with Crippen molar-refractivity contribution in [3.63, 3.8) is 0 Å². The lowest BCUT2D eigenvalue weighted by Crippen LogP contribution is -1.99. The fraction of sp³-hybridized carbons (Fsp3) is 0.0714. The molecule has 0 aromatic heterocycles. The van der Waals surface area contributed by atoms with Gasteiger partial charge >= 0.3 is 0 Å². The molecular formula is C28H24N2. The number of rotatable bonds is 4. The smallest absolute Gasteiger partial charge is 0.0418 e. The molecule has 0 bridgehead atoms. The van der Waals surface area contributed by atoms with Crippen LogP contribution < -0.4 is 10.6 Å². The SMILES string of the molecule is Cc1c(Nc2ccc3ccccc3c2)ccc(Nc2ccc3ccccc3c2)c1C. The van der Waals surface area contributed by atoms with Crippen molar-refractivity contribution in [2.24, 2.45) is 0 Å². The quantitative estimate of drug-likeness (QED) is 0.325. The number of anilines is 4. The molecule has 5 rings (SSSR count). The van der Waals surface area contributed by atoms with Gasteiger partial charge < -0.3 is 10.6 Å². The van der Waals surface area contributed by atoms with E-state index in [9.17, 15) is 0 Å². The van der Waals surface area contributed by atoms with Crippen LogP contribution in [0.2, 0.25) is 0 Å². The van der Waals surface area contributed by atoms with Crippen LogP contribution in [0.4, 0.5) is 22.7 Å². The minimum Gasteiger partial charge on any atom is -0.355 e. The Morgan fingerprint density at radius 3 is 1.27 bits per heavy atom. The van der Waals surface area contributed by atoms with Crippen LogP contribution >= 0.6 is 0 Å². The first-order valence-electron chi connectivity index (χ1n) is 10.3. The van der Waals surface area contributed by atoms with Gasteiger partial charge in [-0.25, -0.2) is 0 Å². The van der Waals surface area contributed by atoms with Gasteiger partial charge in [-0.3, -0.25) is 0 Å². The molecular weight excluding hydrogens is 364 g/mol. The van der Waals surface area contributed by atoms with E-state index in [1.807, 2.05) is 0 Å². The van der Waals surface area contributed by atoms with Crippen molar-refractivity contribution < 1.29 is 0 Å². The number of benzene rings is 5. The van der Waals surface area contributed by atoms with Crippen molar-refractivity contribution in [2.75, 3.05) is 10.6 Å². The summed E-state index contributed by atoms with van der Waals surface area (Å²) in [6.45, 7) is 4.34. The zero-order valence-corrected chi connectivity index (χ0v) is 17.2. The van der Waals surface area contributed by atoms with Gasteiger partial charge in [-0.1, -0.05) is 60.7 Å². The molecule has 0 spiro atoms. The summed E-state index contributed by atoms with van der Waals surface area (Å²) >= 11 is 0. The summed E-state index contributed by atoms with van der Waals surface area (Å²) in [5.74, 6) is 0. The standard InChI is InChI=1S/C28H24N2/c1-19-20(2)28(30-26-14-12-22-8-4-6-10-24(22)18-26)16-15-27(19)29-25-13-11-21-7-3-5-9-23(21)17-25/h3-18,29-30H,1-2H3. The molecule has 30 heavy (non-hydrogen) atoms. The predicted molar refractivity (Wildman–Crippen MR) is 130 cm³/mol. The average molecular weight is 389 g/mol. The number of hydrogen-bond acceptors (Lipinski definition) is 2. The summed E-state index contributed by atoms with van der Waals surface area (Å²) in [6, 6.07) is 34.2. The van der Waals surface area contributed by atoms with E-state index in [-0.39, 0.29) is 0 Å². The van der Waals surface area contributed by atoms with Crippen LogP contribution in [0, 0.1) is 13.8 Å². The number of fused-ring (bicyclic) bond motifs is 2. The topological polar surface area (TPSA) is 24.1 Å². The molecule has 0 saturated heterocycles. The molecule has 0 aliphatic rings. The van der Waals surface area contributed by atoms with Crippen LogP contribution in [0.3, 0.4) is 0 Å². The summed E-state index contributed by atoms with van der Waals surface area (Å²) in [4.78, 5) is 0. The van der Waals surface area contributed by atoms with Gasteiger partial charge in [-0.15, -0.1) is 0 Å². The fourth-order valence-electron chi connectivity index (χ4n) is 3.94. The van der Waals surface area contributed by atoms with Crippen LogP contribution in [0.25, 0.3) is 21.5 Å². The van der Waals surface area contributed by atoms with Gasteiger partial charge in [0.25, 0.3) is 0 Å². The normalized spacial score (nSPS) is 11.0. The second-order valence-corrected chi connectivity index (χ2v) is 7.78. The number of nitrogens with one attached hydrogen (secondary N) is 2. The van der Waals surface area contributed by atoms with E-state index in [1.54, 1.807) is 0 Å². The number of hydrogen-bond donors (Lipinski definition) is 2. The first kappa shape index (κ1) is 18.3. The maximum atomic E-state index is 3.59. The largest absolute Gasteiger partial charge is 0.355 e. The molecule has 5 aromatic carbocycles.